The standard InChI is InChI=1S/C11H18O.C9H18O.C3H6O/c1-9(10(2)12)5-3-6-11-7-4-8-11;1-4-6-8(3)9(5-2)7-10;1-2-3-4/h11H,1,3-8H2,2H3;7-9H,4-6H2,1-3H3;3H,2H2,1H3/t;8-,9?;/m.0./s1. The number of hydrogen-bond donors (Lipinski definition) is 0. The molecule has 26 heavy (non-hydrogen) atoms. The minimum absolute atomic E-state index is 0.156. The molecule has 0 amide bonds. The fraction of sp³-hybridized carbons (Fsp3) is 0.783. The monoisotopic (exact) mass is 366 g/mol. The van der Waals surface area contributed by atoms with Crippen molar-refractivity contribution in [2.24, 2.45) is 17.8 Å². The third-order valence-corrected chi connectivity index (χ3v) is 5.10. The number of ketones is 1. The van der Waals surface area contributed by atoms with E-state index < -0.39 is 0 Å². The van der Waals surface area contributed by atoms with Gasteiger partial charge in [0.1, 0.15) is 12.6 Å². The first-order valence-electron chi connectivity index (χ1n) is 10.4. The summed E-state index contributed by atoms with van der Waals surface area (Å²) in [5, 5.41) is 0. The predicted molar refractivity (Wildman–Crippen MR) is 111 cm³/mol. The van der Waals surface area contributed by atoms with Gasteiger partial charge in [-0.25, -0.2) is 0 Å². The van der Waals surface area contributed by atoms with Crippen LogP contribution in [-0.4, -0.2) is 18.4 Å². The number of Topliss-reactive ketones (excluding diaryl/α,β-unsaturated/α-hetero) is 1. The molecule has 1 unspecified atom stereocenters. The highest BCUT2D eigenvalue weighted by atomic mass is 16.1. The molecule has 3 heteroatoms. The maximum atomic E-state index is 10.8. The molecule has 1 rings (SSSR count). The van der Waals surface area contributed by atoms with Crippen molar-refractivity contribution in [3.05, 3.63) is 12.2 Å². The Balaban J connectivity index is 0. The van der Waals surface area contributed by atoms with Gasteiger partial charge in [0.2, 0.25) is 0 Å². The van der Waals surface area contributed by atoms with Crippen molar-refractivity contribution in [2.45, 2.75) is 98.8 Å². The zero-order chi connectivity index (χ0) is 20.4. The molecule has 0 bridgehead atoms. The quantitative estimate of drug-likeness (QED) is 0.316. The van der Waals surface area contributed by atoms with E-state index in [1.54, 1.807) is 6.92 Å². The second-order valence-electron chi connectivity index (χ2n) is 7.40. The van der Waals surface area contributed by atoms with Crippen LogP contribution in [0.4, 0.5) is 0 Å². The first-order chi connectivity index (χ1) is 12.4. The van der Waals surface area contributed by atoms with Crippen LogP contribution >= 0.6 is 0 Å². The highest BCUT2D eigenvalue weighted by Gasteiger charge is 2.16. The Kier molecular flexibility index (Phi) is 19.2. The summed E-state index contributed by atoms with van der Waals surface area (Å²) in [4.78, 5) is 30.4. The Hall–Kier alpha value is -1.25. The molecule has 0 aliphatic heterocycles. The van der Waals surface area contributed by atoms with E-state index in [0.29, 0.717) is 18.3 Å². The van der Waals surface area contributed by atoms with E-state index in [1.165, 1.54) is 38.5 Å². The van der Waals surface area contributed by atoms with Gasteiger partial charge in [-0.2, -0.15) is 0 Å². The zero-order valence-corrected chi connectivity index (χ0v) is 17.9. The van der Waals surface area contributed by atoms with Crippen molar-refractivity contribution in [3.8, 4) is 0 Å². The van der Waals surface area contributed by atoms with Crippen molar-refractivity contribution in [2.75, 3.05) is 0 Å². The number of allylic oxidation sites excluding steroid dienone is 1. The van der Waals surface area contributed by atoms with Crippen LogP contribution in [0.2, 0.25) is 0 Å². The number of hydrogen-bond acceptors (Lipinski definition) is 3. The molecule has 0 saturated heterocycles. The van der Waals surface area contributed by atoms with E-state index in [-0.39, 0.29) is 5.78 Å². The summed E-state index contributed by atoms with van der Waals surface area (Å²) in [6.07, 6.45) is 13.6. The van der Waals surface area contributed by atoms with Crippen LogP contribution in [0.1, 0.15) is 98.8 Å². The Bertz CT molecular complexity index is 383. The van der Waals surface area contributed by atoms with Crippen molar-refractivity contribution in [1.82, 2.24) is 0 Å². The number of aldehydes is 2. The molecule has 2 atom stereocenters. The first kappa shape index (κ1) is 27.0. The average molecular weight is 367 g/mol. The fourth-order valence-corrected chi connectivity index (χ4v) is 2.86. The van der Waals surface area contributed by atoms with Crippen LogP contribution in [0.5, 0.6) is 0 Å². The molecule has 0 heterocycles. The van der Waals surface area contributed by atoms with Crippen LogP contribution in [0.25, 0.3) is 0 Å². The number of carbonyl (C=O) groups is 3. The van der Waals surface area contributed by atoms with Gasteiger partial charge >= 0.3 is 0 Å². The lowest BCUT2D eigenvalue weighted by Crippen LogP contribution is -2.11. The van der Waals surface area contributed by atoms with E-state index >= 15 is 0 Å². The second kappa shape index (κ2) is 18.5. The van der Waals surface area contributed by atoms with Gasteiger partial charge in [-0.1, -0.05) is 72.8 Å². The molecule has 0 aromatic rings. The summed E-state index contributed by atoms with van der Waals surface area (Å²) in [7, 11) is 0. The largest absolute Gasteiger partial charge is 0.303 e. The Morgan fingerprint density at radius 1 is 1.19 bits per heavy atom. The molecule has 1 fully saturated rings. The Morgan fingerprint density at radius 3 is 2.08 bits per heavy atom. The Labute approximate surface area is 162 Å². The molecule has 1 aliphatic rings. The molecule has 3 nitrogen and oxygen atoms in total. The van der Waals surface area contributed by atoms with Crippen molar-refractivity contribution >= 4 is 18.4 Å². The zero-order valence-electron chi connectivity index (χ0n) is 17.9. The summed E-state index contributed by atoms with van der Waals surface area (Å²) in [6, 6.07) is 0. The van der Waals surface area contributed by atoms with Gasteiger partial charge in [0.25, 0.3) is 0 Å². The second-order valence-corrected chi connectivity index (χ2v) is 7.40. The lowest BCUT2D eigenvalue weighted by Gasteiger charge is -2.24. The van der Waals surface area contributed by atoms with Gasteiger partial charge in [-0.05, 0) is 43.6 Å². The Morgan fingerprint density at radius 2 is 1.77 bits per heavy atom. The minimum atomic E-state index is 0.156. The topological polar surface area (TPSA) is 51.2 Å². The number of rotatable bonds is 11. The smallest absolute Gasteiger partial charge is 0.155 e. The maximum absolute atomic E-state index is 10.8. The minimum Gasteiger partial charge on any atom is -0.303 e. The van der Waals surface area contributed by atoms with Crippen LogP contribution < -0.4 is 0 Å². The number of carbonyl (C=O) groups excluding carboxylic acids is 3. The summed E-state index contributed by atoms with van der Waals surface area (Å²) in [5.41, 5.74) is 0.800. The third-order valence-electron chi connectivity index (χ3n) is 5.10. The molecular formula is C23H42O3. The molecule has 0 N–H and O–H groups in total. The van der Waals surface area contributed by atoms with Crippen LogP contribution in [-0.2, 0) is 14.4 Å². The third kappa shape index (κ3) is 15.0. The fourth-order valence-electron chi connectivity index (χ4n) is 2.86. The molecule has 0 radical (unpaired) electrons. The summed E-state index contributed by atoms with van der Waals surface area (Å²) >= 11 is 0. The predicted octanol–water partition coefficient (Wildman–Crippen LogP) is 6.35. The molecule has 0 aromatic carbocycles. The average Bonchev–Trinajstić information content (AvgIpc) is 2.59. The van der Waals surface area contributed by atoms with E-state index in [1.807, 2.05) is 6.92 Å². The van der Waals surface area contributed by atoms with Crippen LogP contribution in [0, 0.1) is 17.8 Å². The first-order valence-corrected chi connectivity index (χ1v) is 10.4. The summed E-state index contributed by atoms with van der Waals surface area (Å²) < 4.78 is 0. The van der Waals surface area contributed by atoms with Gasteiger partial charge in [-0.3, -0.25) is 4.79 Å². The van der Waals surface area contributed by atoms with E-state index in [4.69, 9.17) is 0 Å². The lowest BCUT2D eigenvalue weighted by molar-refractivity contribution is -0.114. The SMILES string of the molecule is C=C(CCCC1CCC1)C(C)=O.CCC=O.CCC[C@H](C)C(C=O)CC. The van der Waals surface area contributed by atoms with Gasteiger partial charge in [0.15, 0.2) is 5.78 Å². The summed E-state index contributed by atoms with van der Waals surface area (Å²) in [6.45, 7) is 13.6. The molecule has 1 aliphatic carbocycles. The molecule has 152 valence electrons. The molecule has 0 aromatic heterocycles. The van der Waals surface area contributed by atoms with E-state index in [0.717, 1.165) is 43.3 Å². The highest BCUT2D eigenvalue weighted by molar-refractivity contribution is 5.92. The van der Waals surface area contributed by atoms with Crippen LogP contribution in [0.15, 0.2) is 12.2 Å². The van der Waals surface area contributed by atoms with Crippen LogP contribution in [0.3, 0.4) is 0 Å². The normalized spacial score (nSPS) is 15.1. The van der Waals surface area contributed by atoms with E-state index in [9.17, 15) is 14.4 Å². The van der Waals surface area contributed by atoms with Gasteiger partial charge in [-0.15, -0.1) is 0 Å². The van der Waals surface area contributed by atoms with Crippen molar-refractivity contribution in [1.29, 1.82) is 0 Å². The van der Waals surface area contributed by atoms with Gasteiger partial charge in [0.05, 0.1) is 0 Å². The lowest BCUT2D eigenvalue weighted by atomic mass is 9.81. The molecular weight excluding hydrogens is 324 g/mol. The summed E-state index contributed by atoms with van der Waals surface area (Å²) in [5.74, 6) is 1.99. The van der Waals surface area contributed by atoms with Gasteiger partial charge < -0.3 is 9.59 Å². The van der Waals surface area contributed by atoms with Crippen molar-refractivity contribution in [3.63, 3.8) is 0 Å². The molecule has 0 spiro atoms. The highest BCUT2D eigenvalue weighted by Crippen LogP contribution is 2.31. The molecule has 1 saturated carbocycles. The van der Waals surface area contributed by atoms with E-state index in [2.05, 4.69) is 27.4 Å². The van der Waals surface area contributed by atoms with Crippen molar-refractivity contribution < 1.29 is 14.4 Å². The maximum Gasteiger partial charge on any atom is 0.155 e. The van der Waals surface area contributed by atoms with Gasteiger partial charge in [0, 0.05) is 12.3 Å².